The summed E-state index contributed by atoms with van der Waals surface area (Å²) in [6, 6.07) is 13.4. The lowest BCUT2D eigenvalue weighted by Gasteiger charge is -2.13. The van der Waals surface area contributed by atoms with Crippen LogP contribution in [0, 0.1) is 20.8 Å². The molecular formula is C24H24N6O2. The van der Waals surface area contributed by atoms with E-state index in [-0.39, 0.29) is 23.9 Å². The average Bonchev–Trinajstić information content (AvgIpc) is 2.75. The summed E-state index contributed by atoms with van der Waals surface area (Å²) in [7, 11) is 0. The molecule has 32 heavy (non-hydrogen) atoms. The maximum Gasteiger partial charge on any atom is 0.344 e. The Balaban J connectivity index is 1.80. The van der Waals surface area contributed by atoms with Crippen LogP contribution in [0.25, 0.3) is 22.2 Å². The van der Waals surface area contributed by atoms with Gasteiger partial charge in [-0.2, -0.15) is 4.98 Å². The van der Waals surface area contributed by atoms with E-state index in [2.05, 4.69) is 38.2 Å². The van der Waals surface area contributed by atoms with Crippen LogP contribution in [0.15, 0.2) is 42.5 Å². The highest BCUT2D eigenvalue weighted by Crippen LogP contribution is 2.28. The van der Waals surface area contributed by atoms with Crippen molar-refractivity contribution in [1.82, 2.24) is 19.9 Å². The number of hydrogen-bond acceptors (Lipinski definition) is 8. The van der Waals surface area contributed by atoms with E-state index in [1.165, 1.54) is 5.56 Å². The van der Waals surface area contributed by atoms with Crippen LogP contribution >= 0.6 is 0 Å². The number of rotatable bonds is 5. The summed E-state index contributed by atoms with van der Waals surface area (Å²) in [5.74, 6) is -0.0136. The first-order valence-corrected chi connectivity index (χ1v) is 10.3. The number of nitrogen functional groups attached to an aromatic ring is 1. The molecule has 0 spiro atoms. The van der Waals surface area contributed by atoms with Crippen LogP contribution < -0.4 is 11.1 Å². The van der Waals surface area contributed by atoms with Crippen molar-refractivity contribution in [2.24, 2.45) is 0 Å². The molecule has 0 saturated heterocycles. The third-order valence-corrected chi connectivity index (χ3v) is 5.19. The van der Waals surface area contributed by atoms with Gasteiger partial charge in [0.25, 0.3) is 0 Å². The number of aromatic nitrogens is 4. The van der Waals surface area contributed by atoms with E-state index in [9.17, 15) is 4.79 Å². The summed E-state index contributed by atoms with van der Waals surface area (Å²) in [5, 5.41) is 4.03. The fourth-order valence-electron chi connectivity index (χ4n) is 3.44. The van der Waals surface area contributed by atoms with Gasteiger partial charge >= 0.3 is 5.97 Å². The second kappa shape index (κ2) is 8.58. The number of anilines is 3. The number of ether oxygens (including phenoxy) is 1. The third-order valence-electron chi connectivity index (χ3n) is 5.19. The maximum atomic E-state index is 12.6. The Kier molecular flexibility index (Phi) is 5.68. The molecule has 2 aromatic heterocycles. The number of fused-ring (bicyclic) bond motifs is 1. The van der Waals surface area contributed by atoms with Gasteiger partial charge in [0.1, 0.15) is 11.4 Å². The van der Waals surface area contributed by atoms with Crippen molar-refractivity contribution in [2.45, 2.75) is 27.7 Å². The third kappa shape index (κ3) is 4.07. The molecule has 2 aromatic carbocycles. The van der Waals surface area contributed by atoms with Crippen molar-refractivity contribution in [3.8, 4) is 11.3 Å². The first kappa shape index (κ1) is 21.2. The molecule has 8 nitrogen and oxygen atoms in total. The van der Waals surface area contributed by atoms with Crippen LogP contribution in [-0.2, 0) is 4.74 Å². The minimum atomic E-state index is -0.570. The van der Waals surface area contributed by atoms with Crippen LogP contribution in [0.2, 0.25) is 0 Å². The van der Waals surface area contributed by atoms with E-state index < -0.39 is 5.97 Å². The molecule has 0 unspecified atom stereocenters. The predicted molar refractivity (Wildman–Crippen MR) is 125 cm³/mol. The molecule has 0 amide bonds. The zero-order valence-corrected chi connectivity index (χ0v) is 18.4. The number of esters is 1. The normalized spacial score (nSPS) is 10.9. The van der Waals surface area contributed by atoms with Crippen molar-refractivity contribution in [1.29, 1.82) is 0 Å². The Hall–Kier alpha value is -4.07. The van der Waals surface area contributed by atoms with Crippen molar-refractivity contribution in [2.75, 3.05) is 17.7 Å². The summed E-state index contributed by atoms with van der Waals surface area (Å²) < 4.78 is 5.17. The van der Waals surface area contributed by atoms with Gasteiger partial charge in [0.15, 0.2) is 0 Å². The van der Waals surface area contributed by atoms with Gasteiger partial charge in [0, 0.05) is 10.9 Å². The Morgan fingerprint density at radius 1 is 0.969 bits per heavy atom. The zero-order valence-electron chi connectivity index (χ0n) is 18.4. The lowest BCUT2D eigenvalue weighted by Crippen LogP contribution is -2.14. The molecule has 8 heteroatoms. The summed E-state index contributed by atoms with van der Waals surface area (Å²) in [4.78, 5) is 30.6. The molecule has 0 fully saturated rings. The van der Waals surface area contributed by atoms with Crippen LogP contribution in [0.4, 0.5) is 17.7 Å². The van der Waals surface area contributed by atoms with Crippen LogP contribution in [0.1, 0.15) is 34.1 Å². The smallest absolute Gasteiger partial charge is 0.344 e. The fraction of sp³-hybridized carbons (Fsp3) is 0.208. The second-order valence-corrected chi connectivity index (χ2v) is 7.45. The number of carbonyl (C=O) groups excluding carboxylic acids is 1. The Bertz CT molecular complexity index is 1320. The molecule has 0 aliphatic rings. The van der Waals surface area contributed by atoms with E-state index in [0.29, 0.717) is 11.6 Å². The summed E-state index contributed by atoms with van der Waals surface area (Å²) in [5.41, 5.74) is 11.4. The van der Waals surface area contributed by atoms with Crippen LogP contribution in [0.5, 0.6) is 0 Å². The number of nitrogens with zero attached hydrogens (tertiary/aromatic N) is 4. The van der Waals surface area contributed by atoms with E-state index in [0.717, 1.165) is 27.7 Å². The first-order valence-electron chi connectivity index (χ1n) is 10.3. The highest BCUT2D eigenvalue weighted by Gasteiger charge is 2.22. The number of carbonyl (C=O) groups is 1. The minimum Gasteiger partial charge on any atom is -0.462 e. The standard InChI is InChI=1S/C24H24N6O2/c1-5-32-22(31)19-20(16-9-7-6-8-10-16)28-24(29-21(19)25)30-23-26-15(4)17-11-13(2)14(3)12-18(17)27-23/h6-12H,5H2,1-4H3,(H3,25,26,27,28,29,30). The van der Waals surface area contributed by atoms with E-state index in [1.54, 1.807) is 6.92 Å². The quantitative estimate of drug-likeness (QED) is 0.446. The second-order valence-electron chi connectivity index (χ2n) is 7.45. The molecule has 0 saturated carbocycles. The minimum absolute atomic E-state index is 0.0174. The molecular weight excluding hydrogens is 404 g/mol. The molecule has 4 rings (SSSR count). The topological polar surface area (TPSA) is 116 Å². The first-order chi connectivity index (χ1) is 15.4. The van der Waals surface area contributed by atoms with Crippen molar-refractivity contribution >= 4 is 34.6 Å². The van der Waals surface area contributed by atoms with E-state index >= 15 is 0 Å². The number of nitrogens with one attached hydrogen (secondary N) is 1. The number of benzene rings is 2. The maximum absolute atomic E-state index is 12.6. The lowest BCUT2D eigenvalue weighted by molar-refractivity contribution is 0.0528. The van der Waals surface area contributed by atoms with Gasteiger partial charge in [0.05, 0.1) is 23.5 Å². The molecule has 0 radical (unpaired) electrons. The van der Waals surface area contributed by atoms with Gasteiger partial charge in [-0.05, 0) is 51.0 Å². The molecule has 0 bridgehead atoms. The molecule has 0 aliphatic heterocycles. The van der Waals surface area contributed by atoms with Crippen molar-refractivity contribution < 1.29 is 9.53 Å². The Labute approximate surface area is 185 Å². The van der Waals surface area contributed by atoms with Crippen LogP contribution in [-0.4, -0.2) is 32.5 Å². The van der Waals surface area contributed by atoms with Gasteiger partial charge in [-0.15, -0.1) is 0 Å². The molecule has 0 aliphatic carbocycles. The van der Waals surface area contributed by atoms with Gasteiger partial charge in [-0.1, -0.05) is 30.3 Å². The SMILES string of the molecule is CCOC(=O)c1c(N)nc(Nc2nc(C)c3cc(C)c(C)cc3n2)nc1-c1ccccc1. The summed E-state index contributed by atoms with van der Waals surface area (Å²) >= 11 is 0. The van der Waals surface area contributed by atoms with E-state index in [4.69, 9.17) is 10.5 Å². The zero-order chi connectivity index (χ0) is 22.8. The van der Waals surface area contributed by atoms with Crippen molar-refractivity contribution in [3.63, 3.8) is 0 Å². The van der Waals surface area contributed by atoms with Gasteiger partial charge < -0.3 is 10.5 Å². The number of hydrogen-bond donors (Lipinski definition) is 2. The highest BCUT2D eigenvalue weighted by atomic mass is 16.5. The molecule has 0 atom stereocenters. The van der Waals surface area contributed by atoms with Crippen LogP contribution in [0.3, 0.4) is 0 Å². The Morgan fingerprint density at radius 3 is 2.38 bits per heavy atom. The highest BCUT2D eigenvalue weighted by molar-refractivity contribution is 6.00. The Morgan fingerprint density at radius 2 is 1.66 bits per heavy atom. The average molecular weight is 428 g/mol. The molecule has 4 aromatic rings. The summed E-state index contributed by atoms with van der Waals surface area (Å²) in [6.45, 7) is 7.99. The largest absolute Gasteiger partial charge is 0.462 e. The van der Waals surface area contributed by atoms with Gasteiger partial charge in [0.2, 0.25) is 11.9 Å². The number of nitrogens with two attached hydrogens (primary N) is 1. The van der Waals surface area contributed by atoms with Gasteiger partial charge in [-0.25, -0.2) is 19.7 Å². The van der Waals surface area contributed by atoms with Gasteiger partial charge in [-0.3, -0.25) is 5.32 Å². The predicted octanol–water partition coefficient (Wildman–Crippen LogP) is 4.51. The monoisotopic (exact) mass is 428 g/mol. The lowest BCUT2D eigenvalue weighted by atomic mass is 10.1. The fourth-order valence-corrected chi connectivity index (χ4v) is 3.44. The van der Waals surface area contributed by atoms with Crippen molar-refractivity contribution in [3.05, 3.63) is 64.8 Å². The van der Waals surface area contributed by atoms with E-state index in [1.807, 2.05) is 50.2 Å². The molecule has 162 valence electrons. The molecule has 2 heterocycles. The summed E-state index contributed by atoms with van der Waals surface area (Å²) in [6.07, 6.45) is 0. The molecule has 3 N–H and O–H groups in total. The number of aryl methyl sites for hydroxylation is 3.